The molecule has 0 aliphatic heterocycles. The molecule has 0 bridgehead atoms. The molecule has 0 aromatic heterocycles. The Morgan fingerprint density at radius 1 is 1.21 bits per heavy atom. The summed E-state index contributed by atoms with van der Waals surface area (Å²) < 4.78 is 45.6. The number of ether oxygens (including phenoxy) is 2. The van der Waals surface area contributed by atoms with Gasteiger partial charge in [0.2, 0.25) is 0 Å². The average molecular weight is 276 g/mol. The van der Waals surface area contributed by atoms with E-state index in [2.05, 4.69) is 0 Å². The fourth-order valence-corrected chi connectivity index (χ4v) is 1.36. The zero-order valence-electron chi connectivity index (χ0n) is 10.5. The Bertz CT molecular complexity index is 399. The van der Waals surface area contributed by atoms with Crippen molar-refractivity contribution in [2.75, 3.05) is 13.2 Å². The summed E-state index contributed by atoms with van der Waals surface area (Å²) >= 11 is 0. The van der Waals surface area contributed by atoms with Crippen molar-refractivity contribution in [3.63, 3.8) is 0 Å². The summed E-state index contributed by atoms with van der Waals surface area (Å²) in [5.41, 5.74) is 0.379. The Hall–Kier alpha value is -1.72. The fourth-order valence-electron chi connectivity index (χ4n) is 1.36. The number of carbonyl (C=O) groups is 1. The molecular formula is C13H15F3O3. The van der Waals surface area contributed by atoms with Gasteiger partial charge in [0.25, 0.3) is 0 Å². The van der Waals surface area contributed by atoms with Gasteiger partial charge in [0.05, 0.1) is 18.8 Å². The summed E-state index contributed by atoms with van der Waals surface area (Å²) in [5, 5.41) is 0. The molecule has 0 amide bonds. The summed E-state index contributed by atoms with van der Waals surface area (Å²) in [6.45, 7) is 1.98. The SMILES string of the molecule is CCOC(=O)c1ccc(OCCCC(F)(F)F)cc1. The highest BCUT2D eigenvalue weighted by Gasteiger charge is 2.26. The third kappa shape index (κ3) is 6.13. The number of hydrogen-bond acceptors (Lipinski definition) is 3. The van der Waals surface area contributed by atoms with Crippen LogP contribution in [0.1, 0.15) is 30.1 Å². The van der Waals surface area contributed by atoms with Crippen molar-refractivity contribution < 1.29 is 27.4 Å². The molecule has 19 heavy (non-hydrogen) atoms. The van der Waals surface area contributed by atoms with Crippen molar-refractivity contribution in [1.29, 1.82) is 0 Å². The summed E-state index contributed by atoms with van der Waals surface area (Å²) in [6.07, 6.45) is -5.12. The molecular weight excluding hydrogens is 261 g/mol. The molecule has 0 aliphatic rings. The number of alkyl halides is 3. The highest BCUT2D eigenvalue weighted by atomic mass is 19.4. The molecule has 106 valence electrons. The van der Waals surface area contributed by atoms with Crippen molar-refractivity contribution in [3.8, 4) is 5.75 Å². The zero-order valence-corrected chi connectivity index (χ0v) is 10.5. The second-order valence-corrected chi connectivity index (χ2v) is 3.81. The maximum Gasteiger partial charge on any atom is 0.389 e. The minimum atomic E-state index is -4.16. The van der Waals surface area contributed by atoms with Crippen LogP contribution in [0, 0.1) is 0 Å². The van der Waals surface area contributed by atoms with Gasteiger partial charge in [-0.15, -0.1) is 0 Å². The maximum absolute atomic E-state index is 11.9. The van der Waals surface area contributed by atoms with Crippen LogP contribution in [0.4, 0.5) is 13.2 Å². The van der Waals surface area contributed by atoms with E-state index in [-0.39, 0.29) is 19.6 Å². The van der Waals surface area contributed by atoms with Crippen LogP contribution in [-0.4, -0.2) is 25.4 Å². The van der Waals surface area contributed by atoms with Crippen molar-refractivity contribution in [2.45, 2.75) is 25.9 Å². The van der Waals surface area contributed by atoms with E-state index in [4.69, 9.17) is 9.47 Å². The van der Waals surface area contributed by atoms with Crippen LogP contribution in [0.5, 0.6) is 5.75 Å². The second-order valence-electron chi connectivity index (χ2n) is 3.81. The summed E-state index contributed by atoms with van der Waals surface area (Å²) in [5.74, 6) is -0.0126. The largest absolute Gasteiger partial charge is 0.494 e. The highest BCUT2D eigenvalue weighted by molar-refractivity contribution is 5.89. The van der Waals surface area contributed by atoms with Gasteiger partial charge in [0, 0.05) is 6.42 Å². The lowest BCUT2D eigenvalue weighted by molar-refractivity contribution is -0.136. The smallest absolute Gasteiger partial charge is 0.389 e. The molecule has 0 saturated carbocycles. The standard InChI is InChI=1S/C13H15F3O3/c1-2-18-12(17)10-4-6-11(7-5-10)19-9-3-8-13(14,15)16/h4-7H,2-3,8-9H2,1H3. The number of hydrogen-bond donors (Lipinski definition) is 0. The van der Waals surface area contributed by atoms with Gasteiger partial charge < -0.3 is 9.47 Å². The summed E-state index contributed by atoms with van der Waals surface area (Å²) in [6, 6.07) is 6.08. The predicted molar refractivity (Wildman–Crippen MR) is 63.2 cm³/mol. The van der Waals surface area contributed by atoms with Gasteiger partial charge in [-0.25, -0.2) is 4.79 Å². The first-order chi connectivity index (χ1) is 8.92. The minimum Gasteiger partial charge on any atom is -0.494 e. The zero-order chi connectivity index (χ0) is 14.3. The number of benzene rings is 1. The lowest BCUT2D eigenvalue weighted by Crippen LogP contribution is -2.09. The Balaban J connectivity index is 2.38. The van der Waals surface area contributed by atoms with Crippen molar-refractivity contribution in [2.24, 2.45) is 0 Å². The quantitative estimate of drug-likeness (QED) is 0.588. The lowest BCUT2D eigenvalue weighted by Gasteiger charge is -2.08. The normalized spacial score (nSPS) is 11.2. The fraction of sp³-hybridized carbons (Fsp3) is 0.462. The molecule has 0 spiro atoms. The number of halogens is 3. The molecule has 0 radical (unpaired) electrons. The molecule has 0 saturated heterocycles. The van der Waals surface area contributed by atoms with Crippen LogP contribution in [0.15, 0.2) is 24.3 Å². The van der Waals surface area contributed by atoms with E-state index in [1.165, 1.54) is 24.3 Å². The summed E-state index contributed by atoms with van der Waals surface area (Å²) in [4.78, 5) is 11.3. The van der Waals surface area contributed by atoms with Gasteiger partial charge in [-0.1, -0.05) is 0 Å². The highest BCUT2D eigenvalue weighted by Crippen LogP contribution is 2.21. The van der Waals surface area contributed by atoms with Crippen LogP contribution in [0.2, 0.25) is 0 Å². The summed E-state index contributed by atoms with van der Waals surface area (Å²) in [7, 11) is 0. The Morgan fingerprint density at radius 2 is 1.84 bits per heavy atom. The molecule has 0 aliphatic carbocycles. The van der Waals surface area contributed by atoms with Gasteiger partial charge in [0.15, 0.2) is 0 Å². The molecule has 3 nitrogen and oxygen atoms in total. The topological polar surface area (TPSA) is 35.5 Å². The third-order valence-electron chi connectivity index (χ3n) is 2.24. The van der Waals surface area contributed by atoms with Gasteiger partial charge in [-0.2, -0.15) is 13.2 Å². The van der Waals surface area contributed by atoms with Crippen LogP contribution in [-0.2, 0) is 4.74 Å². The van der Waals surface area contributed by atoms with Gasteiger partial charge >= 0.3 is 12.1 Å². The van der Waals surface area contributed by atoms with Gasteiger partial charge in [-0.05, 0) is 37.6 Å². The number of carbonyl (C=O) groups excluding carboxylic acids is 1. The van der Waals surface area contributed by atoms with Crippen LogP contribution in [0.25, 0.3) is 0 Å². The lowest BCUT2D eigenvalue weighted by atomic mass is 10.2. The first-order valence-electron chi connectivity index (χ1n) is 5.89. The minimum absolute atomic E-state index is 0.0156. The molecule has 1 aromatic rings. The van der Waals surface area contributed by atoms with E-state index in [9.17, 15) is 18.0 Å². The Kier molecular flexibility index (Phi) is 5.66. The van der Waals surface area contributed by atoms with Crippen molar-refractivity contribution in [1.82, 2.24) is 0 Å². The first kappa shape index (κ1) is 15.3. The molecule has 0 N–H and O–H groups in total. The van der Waals surface area contributed by atoms with Crippen LogP contribution in [0.3, 0.4) is 0 Å². The van der Waals surface area contributed by atoms with E-state index in [0.29, 0.717) is 11.3 Å². The molecule has 0 unspecified atom stereocenters. The third-order valence-corrected chi connectivity index (χ3v) is 2.24. The van der Waals surface area contributed by atoms with Gasteiger partial charge in [0.1, 0.15) is 5.75 Å². The molecule has 0 fully saturated rings. The van der Waals surface area contributed by atoms with Crippen LogP contribution < -0.4 is 4.74 Å². The second kappa shape index (κ2) is 7.01. The van der Waals surface area contributed by atoms with E-state index in [1.54, 1.807) is 6.92 Å². The first-order valence-corrected chi connectivity index (χ1v) is 5.89. The van der Waals surface area contributed by atoms with E-state index in [1.807, 2.05) is 0 Å². The van der Waals surface area contributed by atoms with Crippen molar-refractivity contribution in [3.05, 3.63) is 29.8 Å². The molecule has 0 atom stereocenters. The van der Waals surface area contributed by atoms with Crippen molar-refractivity contribution >= 4 is 5.97 Å². The van der Waals surface area contributed by atoms with E-state index >= 15 is 0 Å². The molecule has 1 aromatic carbocycles. The van der Waals surface area contributed by atoms with E-state index < -0.39 is 18.6 Å². The van der Waals surface area contributed by atoms with Crippen LogP contribution >= 0.6 is 0 Å². The predicted octanol–water partition coefficient (Wildman–Crippen LogP) is 3.58. The Labute approximate surface area is 109 Å². The Morgan fingerprint density at radius 3 is 2.37 bits per heavy atom. The molecule has 0 heterocycles. The number of esters is 1. The maximum atomic E-state index is 11.9. The number of rotatable bonds is 6. The monoisotopic (exact) mass is 276 g/mol. The van der Waals surface area contributed by atoms with E-state index in [0.717, 1.165) is 0 Å². The molecule has 6 heteroatoms. The van der Waals surface area contributed by atoms with Gasteiger partial charge in [-0.3, -0.25) is 0 Å². The molecule has 1 rings (SSSR count). The average Bonchev–Trinajstić information content (AvgIpc) is 2.34.